The molecule has 2 fully saturated rings. The fourth-order valence-corrected chi connectivity index (χ4v) is 3.95. The topological polar surface area (TPSA) is 53.3 Å². The molecule has 4 rings (SSSR count). The maximum Gasteiger partial charge on any atom is 0.150 e. The van der Waals surface area contributed by atoms with Crippen LogP contribution in [0.1, 0.15) is 103 Å². The lowest BCUT2D eigenvalue weighted by atomic mass is 9.90. The molecule has 0 aromatic heterocycles. The van der Waals surface area contributed by atoms with E-state index in [1.165, 1.54) is 51.6 Å². The van der Waals surface area contributed by atoms with Gasteiger partial charge in [-0.05, 0) is 67.6 Å². The van der Waals surface area contributed by atoms with Crippen LogP contribution in [0.25, 0.3) is 10.8 Å². The van der Waals surface area contributed by atoms with Crippen LogP contribution >= 0.6 is 0 Å². The van der Waals surface area contributed by atoms with E-state index in [-0.39, 0.29) is 0 Å². The lowest BCUT2D eigenvalue weighted by Gasteiger charge is -2.39. The van der Waals surface area contributed by atoms with Crippen LogP contribution in [-0.2, 0) is 6.42 Å². The summed E-state index contributed by atoms with van der Waals surface area (Å²) in [4.78, 5) is 13.4. The van der Waals surface area contributed by atoms with Gasteiger partial charge in [-0.2, -0.15) is 5.26 Å². The Morgan fingerprint density at radius 1 is 1.00 bits per heavy atom. The minimum absolute atomic E-state index is 0.293. The van der Waals surface area contributed by atoms with Gasteiger partial charge in [-0.3, -0.25) is 4.79 Å². The van der Waals surface area contributed by atoms with Crippen molar-refractivity contribution in [2.75, 3.05) is 20.2 Å². The third-order valence-corrected chi connectivity index (χ3v) is 5.71. The average molecular weight is 483 g/mol. The fourth-order valence-electron chi connectivity index (χ4n) is 3.95. The summed E-state index contributed by atoms with van der Waals surface area (Å²) in [5.41, 5.74) is 1.50. The predicted octanol–water partition coefficient (Wildman–Crippen LogP) is 8.47. The molecule has 0 spiro atoms. The molecule has 4 nitrogen and oxygen atoms in total. The Kier molecular flexibility index (Phi) is 18.5. The van der Waals surface area contributed by atoms with Crippen LogP contribution in [0.2, 0.25) is 0 Å². The fraction of sp³-hybridized carbons (Fsp3) is 0.613. The Hall–Kier alpha value is -2.38. The maximum atomic E-state index is 10.7. The molecule has 0 bridgehead atoms. The van der Waals surface area contributed by atoms with Crippen molar-refractivity contribution in [2.45, 2.75) is 99.5 Å². The second-order valence-electron chi connectivity index (χ2n) is 9.09. The van der Waals surface area contributed by atoms with E-state index in [9.17, 15) is 4.79 Å². The Morgan fingerprint density at radius 2 is 1.60 bits per heavy atom. The van der Waals surface area contributed by atoms with Crippen LogP contribution < -0.4 is 4.74 Å². The van der Waals surface area contributed by atoms with Gasteiger partial charge in [0.15, 0.2) is 0 Å². The lowest BCUT2D eigenvalue weighted by molar-refractivity contribution is 0.105. The molecule has 2 aliphatic rings. The summed E-state index contributed by atoms with van der Waals surface area (Å²) in [5, 5.41) is 10.7. The second kappa shape index (κ2) is 19.9. The largest absolute Gasteiger partial charge is 0.496 e. The number of aldehydes is 1. The SMILES string of the molecule is C1CCN(C2CCC2)CC1.CC.CC.CC(C)C.COc1ccc2cc(C=O)ccc2c1CC#N. The molecule has 1 saturated carbocycles. The molecule has 1 heterocycles. The molecule has 1 saturated heterocycles. The van der Waals surface area contributed by atoms with Crippen molar-refractivity contribution in [3.63, 3.8) is 0 Å². The van der Waals surface area contributed by atoms with Crippen LogP contribution in [0, 0.1) is 17.2 Å². The zero-order valence-electron chi connectivity index (χ0n) is 23.7. The van der Waals surface area contributed by atoms with Gasteiger partial charge in [0.2, 0.25) is 0 Å². The van der Waals surface area contributed by atoms with Gasteiger partial charge in [-0.15, -0.1) is 0 Å². The number of ether oxygens (including phenoxy) is 1. The van der Waals surface area contributed by atoms with Crippen molar-refractivity contribution >= 4 is 17.1 Å². The first-order valence-electron chi connectivity index (χ1n) is 13.7. The smallest absolute Gasteiger partial charge is 0.150 e. The molecular weight excluding hydrogens is 432 g/mol. The minimum Gasteiger partial charge on any atom is -0.496 e. The number of fused-ring (bicyclic) bond motifs is 1. The summed E-state index contributed by atoms with van der Waals surface area (Å²) in [6.07, 6.45) is 9.95. The Balaban J connectivity index is 0.000000543. The molecular formula is C31H50N2O2. The van der Waals surface area contributed by atoms with E-state index in [0.717, 1.165) is 34.6 Å². The molecule has 0 atom stereocenters. The maximum absolute atomic E-state index is 10.7. The van der Waals surface area contributed by atoms with Crippen molar-refractivity contribution in [1.29, 1.82) is 5.26 Å². The first-order valence-corrected chi connectivity index (χ1v) is 13.7. The first-order chi connectivity index (χ1) is 17.0. The highest BCUT2D eigenvalue weighted by molar-refractivity contribution is 5.92. The highest BCUT2D eigenvalue weighted by Crippen LogP contribution is 2.29. The van der Waals surface area contributed by atoms with E-state index < -0.39 is 0 Å². The molecule has 35 heavy (non-hydrogen) atoms. The van der Waals surface area contributed by atoms with Crippen molar-refractivity contribution in [3.05, 3.63) is 41.5 Å². The zero-order valence-corrected chi connectivity index (χ0v) is 23.7. The van der Waals surface area contributed by atoms with Crippen LogP contribution in [0.4, 0.5) is 0 Å². The quantitative estimate of drug-likeness (QED) is 0.410. The number of rotatable bonds is 4. The molecule has 0 unspecified atom stereocenters. The van der Waals surface area contributed by atoms with Gasteiger partial charge in [0.1, 0.15) is 12.0 Å². The summed E-state index contributed by atoms with van der Waals surface area (Å²) >= 11 is 0. The van der Waals surface area contributed by atoms with Crippen molar-refractivity contribution in [2.24, 2.45) is 5.92 Å². The van der Waals surface area contributed by atoms with Gasteiger partial charge in [0.05, 0.1) is 19.6 Å². The number of nitrogens with zero attached hydrogens (tertiary/aromatic N) is 2. The molecule has 1 aliphatic carbocycles. The number of hydrogen-bond acceptors (Lipinski definition) is 4. The molecule has 0 radical (unpaired) electrons. The summed E-state index contributed by atoms with van der Waals surface area (Å²) in [6, 6.07) is 12.3. The molecule has 196 valence electrons. The summed E-state index contributed by atoms with van der Waals surface area (Å²) < 4.78 is 5.24. The van der Waals surface area contributed by atoms with Gasteiger partial charge >= 0.3 is 0 Å². The number of methoxy groups -OCH3 is 1. The highest BCUT2D eigenvalue weighted by Gasteiger charge is 2.25. The molecule has 0 amide bonds. The number of benzene rings is 2. The van der Waals surface area contributed by atoms with Crippen molar-refractivity contribution < 1.29 is 9.53 Å². The van der Waals surface area contributed by atoms with Gasteiger partial charge in [-0.1, -0.05) is 79.5 Å². The van der Waals surface area contributed by atoms with E-state index in [4.69, 9.17) is 10.00 Å². The van der Waals surface area contributed by atoms with E-state index in [1.54, 1.807) is 13.2 Å². The summed E-state index contributed by atoms with van der Waals surface area (Å²) in [5.74, 6) is 1.54. The van der Waals surface area contributed by atoms with E-state index >= 15 is 0 Å². The third kappa shape index (κ3) is 11.7. The highest BCUT2D eigenvalue weighted by atomic mass is 16.5. The Labute approximate surface area is 215 Å². The number of hydrogen-bond donors (Lipinski definition) is 0. The molecule has 1 aliphatic heterocycles. The van der Waals surface area contributed by atoms with Crippen LogP contribution in [-0.4, -0.2) is 37.4 Å². The van der Waals surface area contributed by atoms with E-state index in [1.807, 2.05) is 52.0 Å². The second-order valence-corrected chi connectivity index (χ2v) is 9.09. The Bertz CT molecular complexity index is 857. The van der Waals surface area contributed by atoms with E-state index in [2.05, 4.69) is 31.7 Å². The van der Waals surface area contributed by atoms with Crippen LogP contribution in [0.15, 0.2) is 30.3 Å². The average Bonchev–Trinajstić information content (AvgIpc) is 2.86. The molecule has 2 aromatic rings. The number of likely N-dealkylation sites (tertiary alicyclic amines) is 1. The standard InChI is InChI=1S/C14H11NO2.C9H17N.C4H10.2C2H6/c1-17-14-5-3-11-8-10(9-16)2-4-12(11)13(14)6-7-15;1-2-7-10(8-3-1)9-5-4-6-9;1-4(2)3;2*1-2/h2-5,8-9H,6H2,1H3;9H,1-8H2;4H,1-3H3;2*1-2H3. The summed E-state index contributed by atoms with van der Waals surface area (Å²) in [6.45, 7) is 17.3. The lowest BCUT2D eigenvalue weighted by Crippen LogP contribution is -2.42. The minimum atomic E-state index is 0.293. The van der Waals surface area contributed by atoms with Gasteiger partial charge in [0.25, 0.3) is 0 Å². The molecule has 4 heteroatoms. The molecule has 0 N–H and O–H groups in total. The summed E-state index contributed by atoms with van der Waals surface area (Å²) in [7, 11) is 1.59. The van der Waals surface area contributed by atoms with E-state index in [0.29, 0.717) is 17.7 Å². The molecule has 2 aromatic carbocycles. The van der Waals surface area contributed by atoms with Crippen LogP contribution in [0.3, 0.4) is 0 Å². The number of carbonyl (C=O) groups is 1. The van der Waals surface area contributed by atoms with Crippen molar-refractivity contribution in [1.82, 2.24) is 4.90 Å². The van der Waals surface area contributed by atoms with Gasteiger partial charge < -0.3 is 9.64 Å². The predicted molar refractivity (Wildman–Crippen MR) is 151 cm³/mol. The van der Waals surface area contributed by atoms with Crippen LogP contribution in [0.5, 0.6) is 5.75 Å². The zero-order chi connectivity index (χ0) is 26.6. The number of piperidine rings is 1. The Morgan fingerprint density at radius 3 is 2.06 bits per heavy atom. The van der Waals surface area contributed by atoms with Crippen molar-refractivity contribution in [3.8, 4) is 11.8 Å². The number of carbonyl (C=O) groups excluding carboxylic acids is 1. The normalized spacial score (nSPS) is 14.7. The van der Waals surface area contributed by atoms with Gasteiger partial charge in [-0.25, -0.2) is 0 Å². The number of nitriles is 1. The van der Waals surface area contributed by atoms with Gasteiger partial charge in [0, 0.05) is 17.2 Å². The third-order valence-electron chi connectivity index (χ3n) is 5.71. The monoisotopic (exact) mass is 482 g/mol. The first kappa shape index (κ1) is 32.6.